The predicted molar refractivity (Wildman–Crippen MR) is 86.5 cm³/mol. The molecule has 116 valence electrons. The van der Waals surface area contributed by atoms with Crippen molar-refractivity contribution in [1.82, 2.24) is 14.8 Å². The van der Waals surface area contributed by atoms with Gasteiger partial charge in [0.1, 0.15) is 5.82 Å². The van der Waals surface area contributed by atoms with Crippen molar-refractivity contribution in [2.24, 2.45) is 0 Å². The van der Waals surface area contributed by atoms with Crippen LogP contribution in [0.1, 0.15) is 11.1 Å². The van der Waals surface area contributed by atoms with Crippen LogP contribution in [0.25, 0.3) is 5.69 Å². The predicted octanol–water partition coefficient (Wildman–Crippen LogP) is 2.09. The molecule has 3 aromatic rings. The van der Waals surface area contributed by atoms with E-state index in [9.17, 15) is 4.39 Å². The highest BCUT2D eigenvalue weighted by molar-refractivity contribution is 5.56. The van der Waals surface area contributed by atoms with Crippen LogP contribution in [0.5, 0.6) is 0 Å². The lowest BCUT2D eigenvalue weighted by atomic mass is 10.1. The van der Waals surface area contributed by atoms with E-state index in [4.69, 9.17) is 11.5 Å². The highest BCUT2D eigenvalue weighted by Crippen LogP contribution is 2.31. The van der Waals surface area contributed by atoms with Gasteiger partial charge in [-0.05, 0) is 23.3 Å². The van der Waals surface area contributed by atoms with E-state index >= 15 is 0 Å². The maximum absolute atomic E-state index is 14.6. The topological polar surface area (TPSA) is 86.0 Å². The molecule has 2 heterocycles. The molecule has 1 aliphatic rings. The van der Waals surface area contributed by atoms with Crippen LogP contribution in [-0.2, 0) is 13.1 Å². The number of nitrogen functional groups attached to an aromatic ring is 2. The molecule has 6 nitrogen and oxygen atoms in total. The Morgan fingerprint density at radius 1 is 1.00 bits per heavy atom. The Hall–Kier alpha value is -3.09. The standard InChI is InChI=1S/C16H15FN6/c17-13-7-12(23-16(19)20-15(18)21-23)5-6-14(13)22-8-10-3-1-2-4-11(10)9-22/h1-7H,8-9H2,(H4,18,19,20,21). The van der Waals surface area contributed by atoms with E-state index < -0.39 is 0 Å². The molecule has 0 atom stereocenters. The molecule has 0 bridgehead atoms. The van der Waals surface area contributed by atoms with Gasteiger partial charge in [-0.2, -0.15) is 9.67 Å². The highest BCUT2D eigenvalue weighted by Gasteiger charge is 2.21. The number of hydrogen-bond acceptors (Lipinski definition) is 5. The zero-order valence-corrected chi connectivity index (χ0v) is 12.3. The Balaban J connectivity index is 1.66. The molecule has 7 heteroatoms. The number of nitrogens with two attached hydrogens (primary N) is 2. The fraction of sp³-hybridized carbons (Fsp3) is 0.125. The quantitative estimate of drug-likeness (QED) is 0.757. The second-order valence-corrected chi connectivity index (χ2v) is 5.50. The first kappa shape index (κ1) is 13.6. The normalized spacial score (nSPS) is 13.3. The molecule has 1 aromatic heterocycles. The van der Waals surface area contributed by atoms with E-state index in [1.54, 1.807) is 12.1 Å². The van der Waals surface area contributed by atoms with Gasteiger partial charge < -0.3 is 16.4 Å². The lowest BCUT2D eigenvalue weighted by Crippen LogP contribution is -2.16. The summed E-state index contributed by atoms with van der Waals surface area (Å²) in [6, 6.07) is 13.0. The monoisotopic (exact) mass is 310 g/mol. The van der Waals surface area contributed by atoms with Gasteiger partial charge in [-0.25, -0.2) is 4.39 Å². The van der Waals surface area contributed by atoms with Crippen molar-refractivity contribution >= 4 is 17.6 Å². The molecule has 23 heavy (non-hydrogen) atoms. The number of anilines is 3. The third kappa shape index (κ3) is 2.26. The van der Waals surface area contributed by atoms with Crippen molar-refractivity contribution in [1.29, 1.82) is 0 Å². The van der Waals surface area contributed by atoms with Crippen molar-refractivity contribution in [2.75, 3.05) is 16.4 Å². The van der Waals surface area contributed by atoms with Crippen molar-refractivity contribution in [2.45, 2.75) is 13.1 Å². The Morgan fingerprint density at radius 2 is 1.70 bits per heavy atom. The molecular weight excluding hydrogens is 295 g/mol. The fourth-order valence-electron chi connectivity index (χ4n) is 2.92. The highest BCUT2D eigenvalue weighted by atomic mass is 19.1. The summed E-state index contributed by atoms with van der Waals surface area (Å²) in [6.07, 6.45) is 0. The molecule has 0 saturated heterocycles. The van der Waals surface area contributed by atoms with Crippen LogP contribution in [-0.4, -0.2) is 14.8 Å². The van der Waals surface area contributed by atoms with Crippen LogP contribution in [0.15, 0.2) is 42.5 Å². The van der Waals surface area contributed by atoms with Gasteiger partial charge in [0.05, 0.1) is 11.4 Å². The molecule has 0 spiro atoms. The first-order chi connectivity index (χ1) is 11.1. The second-order valence-electron chi connectivity index (χ2n) is 5.50. The number of aromatic nitrogens is 3. The number of fused-ring (bicyclic) bond motifs is 1. The van der Waals surface area contributed by atoms with Crippen molar-refractivity contribution < 1.29 is 4.39 Å². The molecule has 4 rings (SSSR count). The van der Waals surface area contributed by atoms with Gasteiger partial charge in [0.25, 0.3) is 0 Å². The Morgan fingerprint density at radius 3 is 2.26 bits per heavy atom. The maximum Gasteiger partial charge on any atom is 0.241 e. The second kappa shape index (κ2) is 4.98. The number of nitrogens with zero attached hydrogens (tertiary/aromatic N) is 4. The van der Waals surface area contributed by atoms with Gasteiger partial charge in [-0.15, -0.1) is 5.10 Å². The zero-order chi connectivity index (χ0) is 16.0. The van der Waals surface area contributed by atoms with E-state index in [-0.39, 0.29) is 17.7 Å². The van der Waals surface area contributed by atoms with E-state index in [1.165, 1.54) is 21.9 Å². The molecule has 0 aliphatic carbocycles. The molecule has 0 radical (unpaired) electrons. The minimum absolute atomic E-state index is 0.0574. The van der Waals surface area contributed by atoms with E-state index in [0.717, 1.165) is 0 Å². The molecular formula is C16H15FN6. The summed E-state index contributed by atoms with van der Waals surface area (Å²) in [4.78, 5) is 5.82. The first-order valence-electron chi connectivity index (χ1n) is 7.21. The summed E-state index contributed by atoms with van der Waals surface area (Å²) in [5.74, 6) is -0.144. The summed E-state index contributed by atoms with van der Waals surface area (Å²) in [6.45, 7) is 1.40. The summed E-state index contributed by atoms with van der Waals surface area (Å²) >= 11 is 0. The molecule has 4 N–H and O–H groups in total. The Kier molecular flexibility index (Phi) is 2.94. The summed E-state index contributed by atoms with van der Waals surface area (Å²) in [7, 11) is 0. The average Bonchev–Trinajstić information content (AvgIpc) is 3.09. The smallest absolute Gasteiger partial charge is 0.241 e. The molecule has 0 fully saturated rings. The average molecular weight is 310 g/mol. The number of benzene rings is 2. The molecule has 1 aliphatic heterocycles. The van der Waals surface area contributed by atoms with Gasteiger partial charge in [0, 0.05) is 19.2 Å². The van der Waals surface area contributed by atoms with Crippen LogP contribution in [0, 0.1) is 5.82 Å². The lowest BCUT2D eigenvalue weighted by molar-refractivity contribution is 0.617. The minimum atomic E-state index is -0.330. The van der Waals surface area contributed by atoms with Crippen LogP contribution < -0.4 is 16.4 Å². The van der Waals surface area contributed by atoms with Crippen molar-refractivity contribution in [3.63, 3.8) is 0 Å². The van der Waals surface area contributed by atoms with Gasteiger partial charge >= 0.3 is 0 Å². The van der Waals surface area contributed by atoms with E-state index in [2.05, 4.69) is 22.2 Å². The summed E-state index contributed by atoms with van der Waals surface area (Å²) < 4.78 is 15.9. The Labute approximate surface area is 132 Å². The summed E-state index contributed by atoms with van der Waals surface area (Å²) in [5, 5.41) is 3.96. The molecule has 0 unspecified atom stereocenters. The number of hydrogen-bond donors (Lipinski definition) is 2. The van der Waals surface area contributed by atoms with Gasteiger partial charge in [0.15, 0.2) is 0 Å². The summed E-state index contributed by atoms with van der Waals surface area (Å²) in [5.41, 5.74) is 14.7. The molecule has 0 saturated carbocycles. The largest absolute Gasteiger partial charge is 0.368 e. The Bertz CT molecular complexity index is 863. The number of rotatable bonds is 2. The SMILES string of the molecule is Nc1nc(N)n(-c2ccc(N3Cc4ccccc4C3)c(F)c2)n1. The van der Waals surface area contributed by atoms with Crippen LogP contribution >= 0.6 is 0 Å². The van der Waals surface area contributed by atoms with Crippen LogP contribution in [0.3, 0.4) is 0 Å². The lowest BCUT2D eigenvalue weighted by Gasteiger charge is -2.19. The fourth-order valence-corrected chi connectivity index (χ4v) is 2.92. The van der Waals surface area contributed by atoms with Gasteiger partial charge in [0.2, 0.25) is 11.9 Å². The van der Waals surface area contributed by atoms with Gasteiger partial charge in [-0.3, -0.25) is 0 Å². The van der Waals surface area contributed by atoms with Crippen molar-refractivity contribution in [3.8, 4) is 5.69 Å². The van der Waals surface area contributed by atoms with E-state index in [1.807, 2.05) is 17.0 Å². The minimum Gasteiger partial charge on any atom is -0.368 e. The van der Waals surface area contributed by atoms with Gasteiger partial charge in [-0.1, -0.05) is 24.3 Å². The maximum atomic E-state index is 14.6. The van der Waals surface area contributed by atoms with Crippen molar-refractivity contribution in [3.05, 3.63) is 59.4 Å². The number of halogens is 1. The van der Waals surface area contributed by atoms with Crippen LogP contribution in [0.2, 0.25) is 0 Å². The zero-order valence-electron chi connectivity index (χ0n) is 12.3. The molecule has 0 amide bonds. The molecule has 2 aromatic carbocycles. The third-order valence-electron chi connectivity index (χ3n) is 4.01. The van der Waals surface area contributed by atoms with Crippen LogP contribution in [0.4, 0.5) is 22.0 Å². The van der Waals surface area contributed by atoms with E-state index in [0.29, 0.717) is 24.5 Å². The first-order valence-corrected chi connectivity index (χ1v) is 7.21. The third-order valence-corrected chi connectivity index (χ3v) is 4.01.